The minimum Gasteiger partial charge on any atom is -0.361 e. The molecule has 0 bridgehead atoms. The Balaban J connectivity index is 1.70. The highest BCUT2D eigenvalue weighted by Crippen LogP contribution is 2.25. The lowest BCUT2D eigenvalue weighted by atomic mass is 10.1. The highest BCUT2D eigenvalue weighted by Gasteiger charge is 2.01. The van der Waals surface area contributed by atoms with Crippen LogP contribution in [-0.2, 0) is 0 Å². The molecule has 0 aliphatic heterocycles. The molecule has 1 aromatic carbocycles. The Morgan fingerprint density at radius 1 is 1.17 bits per heavy atom. The van der Waals surface area contributed by atoms with Crippen LogP contribution in [0, 0.1) is 5.92 Å². The molecule has 1 N–H and O–H groups in total. The lowest BCUT2D eigenvalue weighted by molar-refractivity contribution is 0.531. The topological polar surface area (TPSA) is 24.9 Å². The average Bonchev–Trinajstić information content (AvgIpc) is 2.75. The van der Waals surface area contributed by atoms with Crippen LogP contribution >= 0.6 is 11.3 Å². The summed E-state index contributed by atoms with van der Waals surface area (Å²) in [6.07, 6.45) is 5.25. The van der Waals surface area contributed by atoms with Crippen LogP contribution in [-0.4, -0.2) is 11.5 Å². The maximum Gasteiger partial charge on any atom is 0.183 e. The van der Waals surface area contributed by atoms with Gasteiger partial charge in [0.05, 0.1) is 10.2 Å². The second-order valence-electron chi connectivity index (χ2n) is 5.16. The van der Waals surface area contributed by atoms with Gasteiger partial charge in [-0.1, -0.05) is 56.6 Å². The molecule has 0 spiro atoms. The van der Waals surface area contributed by atoms with Crippen LogP contribution in [0.15, 0.2) is 24.3 Å². The summed E-state index contributed by atoms with van der Waals surface area (Å²) >= 11 is 1.74. The summed E-state index contributed by atoms with van der Waals surface area (Å²) in [5, 5.41) is 4.49. The molecule has 0 radical (unpaired) electrons. The van der Waals surface area contributed by atoms with Crippen molar-refractivity contribution >= 4 is 26.7 Å². The molecule has 2 nitrogen and oxygen atoms in total. The van der Waals surface area contributed by atoms with Crippen molar-refractivity contribution in [2.75, 3.05) is 11.9 Å². The summed E-state index contributed by atoms with van der Waals surface area (Å²) in [7, 11) is 0. The van der Waals surface area contributed by atoms with E-state index < -0.39 is 0 Å². The van der Waals surface area contributed by atoms with E-state index in [1.165, 1.54) is 30.4 Å². The van der Waals surface area contributed by atoms with Crippen molar-refractivity contribution in [2.24, 2.45) is 5.92 Å². The number of hydrogen-bond donors (Lipinski definition) is 1. The largest absolute Gasteiger partial charge is 0.361 e. The summed E-state index contributed by atoms with van der Waals surface area (Å²) < 4.78 is 1.26. The third kappa shape index (κ3) is 3.98. The normalized spacial score (nSPS) is 11.3. The van der Waals surface area contributed by atoms with Gasteiger partial charge < -0.3 is 5.32 Å². The fourth-order valence-electron chi connectivity index (χ4n) is 2.00. The van der Waals surface area contributed by atoms with E-state index in [-0.39, 0.29) is 0 Å². The molecule has 0 amide bonds. The van der Waals surface area contributed by atoms with Crippen molar-refractivity contribution in [3.05, 3.63) is 24.3 Å². The average molecular weight is 262 g/mol. The van der Waals surface area contributed by atoms with Crippen LogP contribution in [0.2, 0.25) is 0 Å². The molecule has 0 unspecified atom stereocenters. The van der Waals surface area contributed by atoms with Crippen molar-refractivity contribution in [2.45, 2.75) is 39.5 Å². The summed E-state index contributed by atoms with van der Waals surface area (Å²) in [5.41, 5.74) is 1.10. The molecule has 0 saturated carbocycles. The minimum absolute atomic E-state index is 0.835. The van der Waals surface area contributed by atoms with E-state index in [1.807, 2.05) is 6.07 Å². The van der Waals surface area contributed by atoms with Gasteiger partial charge in [-0.3, -0.25) is 0 Å². The van der Waals surface area contributed by atoms with Gasteiger partial charge in [0.2, 0.25) is 0 Å². The highest BCUT2D eigenvalue weighted by atomic mass is 32.1. The maximum atomic E-state index is 4.57. The van der Waals surface area contributed by atoms with Crippen LogP contribution < -0.4 is 5.32 Å². The summed E-state index contributed by atoms with van der Waals surface area (Å²) in [6, 6.07) is 8.30. The number of para-hydroxylation sites is 1. The Kier molecular flexibility index (Phi) is 5.00. The summed E-state index contributed by atoms with van der Waals surface area (Å²) in [4.78, 5) is 4.57. The number of aromatic nitrogens is 1. The Hall–Kier alpha value is -1.09. The summed E-state index contributed by atoms with van der Waals surface area (Å²) in [6.45, 7) is 5.62. The molecule has 3 heteroatoms. The third-order valence-electron chi connectivity index (χ3n) is 3.03. The second-order valence-corrected chi connectivity index (χ2v) is 6.19. The smallest absolute Gasteiger partial charge is 0.183 e. The van der Waals surface area contributed by atoms with Gasteiger partial charge in [0, 0.05) is 6.54 Å². The molecular weight excluding hydrogens is 240 g/mol. The number of thiazole rings is 1. The lowest BCUT2D eigenvalue weighted by Crippen LogP contribution is -2.01. The monoisotopic (exact) mass is 262 g/mol. The zero-order valence-electron chi connectivity index (χ0n) is 11.3. The standard InChI is InChI=1S/C15H22N2S/c1-12(2)8-4-3-7-11-16-15-17-13-9-5-6-10-14(13)18-15/h5-6,9-10,12H,3-4,7-8,11H2,1-2H3,(H,16,17). The van der Waals surface area contributed by atoms with E-state index >= 15 is 0 Å². The first kappa shape index (κ1) is 13.3. The molecule has 0 saturated heterocycles. The number of fused-ring (bicyclic) bond motifs is 1. The molecule has 1 heterocycles. The molecule has 0 fully saturated rings. The number of rotatable bonds is 7. The maximum absolute atomic E-state index is 4.57. The van der Waals surface area contributed by atoms with E-state index in [9.17, 15) is 0 Å². The Morgan fingerprint density at radius 3 is 2.78 bits per heavy atom. The molecule has 0 atom stereocenters. The second kappa shape index (κ2) is 6.74. The highest BCUT2D eigenvalue weighted by molar-refractivity contribution is 7.22. The fraction of sp³-hybridized carbons (Fsp3) is 0.533. The quantitative estimate of drug-likeness (QED) is 0.716. The number of hydrogen-bond acceptors (Lipinski definition) is 3. The molecule has 0 aliphatic rings. The minimum atomic E-state index is 0.835. The Labute approximate surface area is 113 Å². The Bertz CT molecular complexity index is 443. The predicted octanol–water partition coefficient (Wildman–Crippen LogP) is 4.92. The molecule has 1 aromatic heterocycles. The number of unbranched alkanes of at least 4 members (excludes halogenated alkanes) is 2. The third-order valence-corrected chi connectivity index (χ3v) is 4.02. The van der Waals surface area contributed by atoms with Crippen LogP contribution in [0.3, 0.4) is 0 Å². The van der Waals surface area contributed by atoms with Crippen molar-refractivity contribution in [1.82, 2.24) is 4.98 Å². The van der Waals surface area contributed by atoms with Crippen LogP contribution in [0.1, 0.15) is 39.5 Å². The summed E-state index contributed by atoms with van der Waals surface area (Å²) in [5.74, 6) is 0.835. The van der Waals surface area contributed by atoms with Gasteiger partial charge in [0.15, 0.2) is 5.13 Å². The first-order valence-electron chi connectivity index (χ1n) is 6.85. The number of anilines is 1. The van der Waals surface area contributed by atoms with Gasteiger partial charge in [-0.25, -0.2) is 4.98 Å². The molecule has 98 valence electrons. The van der Waals surface area contributed by atoms with Gasteiger partial charge in [0.25, 0.3) is 0 Å². The molecular formula is C15H22N2S. The van der Waals surface area contributed by atoms with Crippen molar-refractivity contribution in [3.63, 3.8) is 0 Å². The zero-order valence-corrected chi connectivity index (χ0v) is 12.1. The van der Waals surface area contributed by atoms with E-state index in [1.54, 1.807) is 11.3 Å². The number of benzene rings is 1. The fourth-order valence-corrected chi connectivity index (χ4v) is 2.89. The van der Waals surface area contributed by atoms with Gasteiger partial charge >= 0.3 is 0 Å². The lowest BCUT2D eigenvalue weighted by Gasteiger charge is -2.04. The van der Waals surface area contributed by atoms with Crippen molar-refractivity contribution in [1.29, 1.82) is 0 Å². The van der Waals surface area contributed by atoms with Crippen molar-refractivity contribution < 1.29 is 0 Å². The molecule has 18 heavy (non-hydrogen) atoms. The predicted molar refractivity (Wildman–Crippen MR) is 81.4 cm³/mol. The van der Waals surface area contributed by atoms with Crippen LogP contribution in [0.4, 0.5) is 5.13 Å². The van der Waals surface area contributed by atoms with Crippen molar-refractivity contribution in [3.8, 4) is 0 Å². The SMILES string of the molecule is CC(C)CCCCCNc1nc2ccccc2s1. The van der Waals surface area contributed by atoms with Gasteiger partial charge in [-0.05, 0) is 24.5 Å². The van der Waals surface area contributed by atoms with E-state index in [0.29, 0.717) is 0 Å². The van der Waals surface area contributed by atoms with Crippen LogP contribution in [0.25, 0.3) is 10.2 Å². The molecule has 2 aromatic rings. The van der Waals surface area contributed by atoms with E-state index in [0.717, 1.165) is 23.1 Å². The van der Waals surface area contributed by atoms with E-state index in [4.69, 9.17) is 0 Å². The Morgan fingerprint density at radius 2 is 2.00 bits per heavy atom. The molecule has 2 rings (SSSR count). The van der Waals surface area contributed by atoms with Gasteiger partial charge in [-0.15, -0.1) is 0 Å². The number of nitrogens with zero attached hydrogens (tertiary/aromatic N) is 1. The van der Waals surface area contributed by atoms with Gasteiger partial charge in [-0.2, -0.15) is 0 Å². The first-order chi connectivity index (χ1) is 8.75. The van der Waals surface area contributed by atoms with E-state index in [2.05, 4.69) is 42.3 Å². The van der Waals surface area contributed by atoms with Gasteiger partial charge in [0.1, 0.15) is 0 Å². The molecule has 0 aliphatic carbocycles. The zero-order chi connectivity index (χ0) is 12.8. The first-order valence-corrected chi connectivity index (χ1v) is 7.67. The number of nitrogens with one attached hydrogen (secondary N) is 1. The van der Waals surface area contributed by atoms with Crippen LogP contribution in [0.5, 0.6) is 0 Å².